The van der Waals surface area contributed by atoms with Gasteiger partial charge in [0.15, 0.2) is 17.6 Å². The van der Waals surface area contributed by atoms with E-state index in [1.54, 1.807) is 12.1 Å². The molecule has 248 valence electrons. The summed E-state index contributed by atoms with van der Waals surface area (Å²) in [5, 5.41) is 32.8. The van der Waals surface area contributed by atoms with Crippen LogP contribution < -0.4 is 4.74 Å². The number of nitrogens with zero attached hydrogens (tertiary/aromatic N) is 1. The van der Waals surface area contributed by atoms with Crippen LogP contribution in [0.4, 0.5) is 0 Å². The van der Waals surface area contributed by atoms with Gasteiger partial charge in [-0.05, 0) is 44.1 Å². The summed E-state index contributed by atoms with van der Waals surface area (Å²) in [6, 6.07) is 10.4. The fourth-order valence-corrected chi connectivity index (χ4v) is 7.51. The quantitative estimate of drug-likeness (QED) is 0.260. The fourth-order valence-electron chi connectivity index (χ4n) is 7.51. The Labute approximate surface area is 268 Å². The van der Waals surface area contributed by atoms with Gasteiger partial charge in [-0.3, -0.25) is 9.59 Å². The molecule has 0 amide bonds. The minimum Gasteiger partial charge on any atom is -0.504 e. The lowest BCUT2D eigenvalue weighted by molar-refractivity contribution is -0.195. The number of aromatic hydroxyl groups is 1. The number of benzene rings is 2. The first-order valence-corrected chi connectivity index (χ1v) is 15.0. The van der Waals surface area contributed by atoms with Gasteiger partial charge in [0.1, 0.15) is 5.76 Å². The van der Waals surface area contributed by atoms with E-state index in [0.29, 0.717) is 24.9 Å². The fraction of sp³-hybridized carbons (Fsp3) is 0.424. The van der Waals surface area contributed by atoms with Crippen LogP contribution in [0.3, 0.4) is 0 Å². The summed E-state index contributed by atoms with van der Waals surface area (Å²) in [6.07, 6.45) is -5.06. The van der Waals surface area contributed by atoms with E-state index in [9.17, 15) is 39.3 Å². The number of likely N-dealkylation sites (N-methyl/N-ethyl adjacent to an activating group) is 1. The van der Waals surface area contributed by atoms with E-state index < -0.39 is 65.3 Å². The average Bonchev–Trinajstić information content (AvgIpc) is 3.38. The lowest BCUT2D eigenvalue weighted by Gasteiger charge is -2.61. The predicted octanol–water partition coefficient (Wildman–Crippen LogP) is 1.45. The number of carboxylic acids is 1. The second-order valence-corrected chi connectivity index (χ2v) is 12.1. The molecule has 7 atom stereocenters. The normalized spacial score (nSPS) is 27.1. The predicted molar refractivity (Wildman–Crippen MR) is 157 cm³/mol. The molecule has 0 unspecified atom stereocenters. The molecule has 6 rings (SSSR count). The number of carbonyl (C=O) groups excluding carboxylic acids is 4. The van der Waals surface area contributed by atoms with Crippen molar-refractivity contribution in [3.05, 3.63) is 71.0 Å². The summed E-state index contributed by atoms with van der Waals surface area (Å²) in [5.74, 6) is -6.59. The Balaban J connectivity index is 1.34. The van der Waals surface area contributed by atoms with Gasteiger partial charge in [-0.25, -0.2) is 14.4 Å². The van der Waals surface area contributed by atoms with Crippen molar-refractivity contribution in [2.45, 2.75) is 74.6 Å². The number of phenols is 1. The number of hydrogen-bond donors (Lipinski definition) is 3. The standard InChI is InChI=1S/C33H33NO13/c1-16(35)43-26(27(44-17(2)36)31(41)47-24(29(38)39)18-7-5-4-6-8-18)30(40)45-21-11-12-33(42)22-15-19-9-10-20(37)25-23(19)32(33,28(21)46-25)13-14-34(22)3/h4-11,22,24,26-28,37,42H,12-15H2,1-3H3,(H,38,39)/t22-,24-,26+,27+,28+,32+,33-/m0/s1. The topological polar surface area (TPSA) is 195 Å². The van der Waals surface area contributed by atoms with Crippen LogP contribution in [0.1, 0.15) is 49.5 Å². The van der Waals surface area contributed by atoms with Crippen LogP contribution in [-0.4, -0.2) is 93.6 Å². The van der Waals surface area contributed by atoms with Gasteiger partial charge in [-0.1, -0.05) is 36.4 Å². The first-order chi connectivity index (χ1) is 22.3. The van der Waals surface area contributed by atoms with E-state index in [2.05, 4.69) is 4.90 Å². The maximum Gasteiger partial charge on any atom is 0.357 e. The van der Waals surface area contributed by atoms with Crippen LogP contribution in [0, 0.1) is 0 Å². The number of phenolic OH excluding ortho intramolecular Hbond substituents is 1. The Hall–Kier alpha value is -4.95. The monoisotopic (exact) mass is 651 g/mol. The summed E-state index contributed by atoms with van der Waals surface area (Å²) in [4.78, 5) is 65.5. The minimum atomic E-state index is -2.26. The molecule has 0 saturated carbocycles. The van der Waals surface area contributed by atoms with Crippen molar-refractivity contribution in [1.29, 1.82) is 0 Å². The molecule has 2 bridgehead atoms. The number of carbonyl (C=O) groups is 5. The van der Waals surface area contributed by atoms with Crippen molar-refractivity contribution in [3.8, 4) is 11.5 Å². The second kappa shape index (κ2) is 11.7. The van der Waals surface area contributed by atoms with Crippen molar-refractivity contribution in [1.82, 2.24) is 4.90 Å². The largest absolute Gasteiger partial charge is 0.504 e. The number of aliphatic carboxylic acids is 1. The molecule has 1 spiro atoms. The number of likely N-dealkylation sites (tertiary alicyclic amines) is 1. The molecule has 0 radical (unpaired) electrons. The molecule has 0 aromatic heterocycles. The van der Waals surface area contributed by atoms with E-state index in [1.165, 1.54) is 36.4 Å². The Morgan fingerprint density at radius 1 is 0.957 bits per heavy atom. The van der Waals surface area contributed by atoms with Crippen LogP contribution in [0.15, 0.2) is 54.3 Å². The molecule has 2 aromatic carbocycles. The van der Waals surface area contributed by atoms with Crippen molar-refractivity contribution < 1.29 is 63.0 Å². The summed E-state index contributed by atoms with van der Waals surface area (Å²) in [7, 11) is 1.91. The molecule has 4 aliphatic rings. The van der Waals surface area contributed by atoms with Crippen molar-refractivity contribution in [2.24, 2.45) is 0 Å². The van der Waals surface area contributed by atoms with Crippen molar-refractivity contribution in [3.63, 3.8) is 0 Å². The highest BCUT2D eigenvalue weighted by molar-refractivity contribution is 5.90. The van der Waals surface area contributed by atoms with Crippen LogP contribution in [0.25, 0.3) is 0 Å². The molecule has 14 heteroatoms. The Morgan fingerprint density at radius 3 is 2.26 bits per heavy atom. The third-order valence-electron chi connectivity index (χ3n) is 9.46. The highest BCUT2D eigenvalue weighted by Gasteiger charge is 2.72. The van der Waals surface area contributed by atoms with Crippen LogP contribution >= 0.6 is 0 Å². The van der Waals surface area contributed by atoms with Gasteiger partial charge < -0.3 is 43.9 Å². The number of carboxylic acid groups (broad SMARTS) is 1. The van der Waals surface area contributed by atoms with Crippen LogP contribution in [0.2, 0.25) is 0 Å². The number of hydrogen-bond acceptors (Lipinski definition) is 13. The SMILES string of the molecule is CC(=O)O[C@@H](C(=O)OC1=CC[C@]2(O)[C@@H]3Cc4ccc(O)c5c4[C@]2(CCN3C)[C@@H]1O5)[C@@H](OC(C)=O)C(=O)O[C@H](C(=O)O)c1ccccc1. The number of ether oxygens (including phenoxy) is 5. The number of rotatable bonds is 9. The van der Waals surface area contributed by atoms with Gasteiger partial charge in [0.25, 0.3) is 0 Å². The third kappa shape index (κ3) is 5.08. The molecule has 2 heterocycles. The smallest absolute Gasteiger partial charge is 0.357 e. The molecule has 2 aliphatic heterocycles. The maximum absolute atomic E-state index is 13.8. The van der Waals surface area contributed by atoms with Gasteiger partial charge in [0, 0.05) is 37.4 Å². The first kappa shape index (κ1) is 32.0. The molecular weight excluding hydrogens is 618 g/mol. The zero-order chi connectivity index (χ0) is 33.8. The Morgan fingerprint density at radius 2 is 1.62 bits per heavy atom. The van der Waals surface area contributed by atoms with E-state index >= 15 is 0 Å². The third-order valence-corrected chi connectivity index (χ3v) is 9.46. The molecule has 2 aliphatic carbocycles. The van der Waals surface area contributed by atoms with E-state index in [4.69, 9.17) is 23.7 Å². The van der Waals surface area contributed by atoms with Gasteiger partial charge in [0.05, 0.1) is 11.0 Å². The Kier molecular flexibility index (Phi) is 7.96. The molecule has 2 aromatic rings. The van der Waals surface area contributed by atoms with E-state index in [1.807, 2.05) is 7.05 Å². The molecular formula is C33H33NO13. The summed E-state index contributed by atoms with van der Waals surface area (Å²) < 4.78 is 27.4. The van der Waals surface area contributed by atoms with Gasteiger partial charge in [0.2, 0.25) is 18.3 Å². The Bertz CT molecular complexity index is 1690. The van der Waals surface area contributed by atoms with Crippen molar-refractivity contribution in [2.75, 3.05) is 13.6 Å². The summed E-state index contributed by atoms with van der Waals surface area (Å²) in [6.45, 7) is 2.44. The minimum absolute atomic E-state index is 0.0318. The summed E-state index contributed by atoms with van der Waals surface area (Å²) >= 11 is 0. The highest BCUT2D eigenvalue weighted by atomic mass is 16.6. The van der Waals surface area contributed by atoms with Gasteiger partial charge in [-0.2, -0.15) is 0 Å². The van der Waals surface area contributed by atoms with Crippen molar-refractivity contribution >= 4 is 29.8 Å². The second-order valence-electron chi connectivity index (χ2n) is 12.1. The zero-order valence-electron chi connectivity index (χ0n) is 25.7. The van der Waals surface area contributed by atoms with E-state index in [0.717, 1.165) is 19.4 Å². The molecule has 1 saturated heterocycles. The number of esters is 4. The van der Waals surface area contributed by atoms with Crippen LogP contribution in [-0.2, 0) is 54.8 Å². The lowest BCUT2D eigenvalue weighted by Crippen LogP contribution is -2.74. The zero-order valence-corrected chi connectivity index (χ0v) is 25.7. The average molecular weight is 652 g/mol. The molecule has 3 N–H and O–H groups in total. The van der Waals surface area contributed by atoms with Crippen LogP contribution in [0.5, 0.6) is 11.5 Å². The number of aliphatic hydroxyl groups is 1. The maximum atomic E-state index is 13.8. The molecule has 1 fully saturated rings. The molecule has 14 nitrogen and oxygen atoms in total. The summed E-state index contributed by atoms with van der Waals surface area (Å²) in [5.41, 5.74) is -0.906. The van der Waals surface area contributed by atoms with E-state index in [-0.39, 0.29) is 35.3 Å². The van der Waals surface area contributed by atoms with Gasteiger partial charge >= 0.3 is 29.8 Å². The van der Waals surface area contributed by atoms with Gasteiger partial charge in [-0.15, -0.1) is 0 Å². The molecule has 47 heavy (non-hydrogen) atoms. The highest BCUT2D eigenvalue weighted by Crippen LogP contribution is 2.65. The number of piperidine rings is 1. The lowest BCUT2D eigenvalue weighted by atomic mass is 9.50. The first-order valence-electron chi connectivity index (χ1n) is 15.0.